The molecule has 2 saturated heterocycles. The van der Waals surface area contributed by atoms with E-state index in [1.54, 1.807) is 0 Å². The Balaban J connectivity index is 1.33. The van der Waals surface area contributed by atoms with Gasteiger partial charge < -0.3 is 14.7 Å². The molecule has 2 bridgehead atoms. The van der Waals surface area contributed by atoms with Crippen LogP contribution >= 0.6 is 0 Å². The maximum Gasteiger partial charge on any atom is 0.0234 e. The molecule has 0 spiro atoms. The topological polar surface area (TPSA) is 13.0 Å². The highest BCUT2D eigenvalue weighted by molar-refractivity contribution is 5.14. The van der Waals surface area contributed by atoms with Crippen molar-refractivity contribution >= 4 is 0 Å². The number of rotatable bonds is 4. The summed E-state index contributed by atoms with van der Waals surface area (Å²) in [5, 5.41) is 0. The fraction of sp³-hybridized carbons (Fsp3) is 0.615. The highest BCUT2D eigenvalue weighted by Crippen LogP contribution is 2.15. The molecule has 2 aliphatic heterocycles. The maximum atomic E-state index is 2.73. The normalized spacial score (nSPS) is 29.7. The Hall–Kier alpha value is -1.46. The van der Waals surface area contributed by atoms with Crippen LogP contribution in [0.4, 0.5) is 0 Å². The third kappa shape index (κ3) is 7.05. The Kier molecular flexibility index (Phi) is 8.56. The zero-order valence-electron chi connectivity index (χ0n) is 18.7. The van der Waals surface area contributed by atoms with Crippen LogP contribution in [-0.2, 0) is 6.54 Å². The first-order valence-corrected chi connectivity index (χ1v) is 12.1. The smallest absolute Gasteiger partial charge is 0.0234 e. The molecule has 0 radical (unpaired) electrons. The minimum atomic E-state index is 0.702. The summed E-state index contributed by atoms with van der Waals surface area (Å²) in [6.07, 6.45) is 12.9. The molecule has 0 N–H and O–H groups in total. The van der Waals surface area contributed by atoms with Crippen molar-refractivity contribution < 1.29 is 0 Å². The molecule has 3 unspecified atom stereocenters. The minimum Gasteiger partial charge on any atom is -0.301 e. The lowest BCUT2D eigenvalue weighted by Crippen LogP contribution is -2.47. The third-order valence-corrected chi connectivity index (χ3v) is 6.91. The van der Waals surface area contributed by atoms with Gasteiger partial charge in [0.05, 0.1) is 0 Å². The summed E-state index contributed by atoms with van der Waals surface area (Å²) in [7, 11) is 0. The summed E-state index contributed by atoms with van der Waals surface area (Å²) in [5.41, 5.74) is 1.45. The molecule has 0 amide bonds. The Morgan fingerprint density at radius 1 is 0.667 bits per heavy atom. The van der Waals surface area contributed by atoms with Gasteiger partial charge in [0.2, 0.25) is 0 Å². The van der Waals surface area contributed by atoms with Crippen LogP contribution in [0.2, 0.25) is 0 Å². The molecule has 1 aliphatic carbocycles. The van der Waals surface area contributed by atoms with E-state index in [0.717, 1.165) is 6.54 Å². The first-order valence-electron chi connectivity index (χ1n) is 12.1. The van der Waals surface area contributed by atoms with Gasteiger partial charge in [-0.1, -0.05) is 54.6 Å². The molecule has 1 aromatic carbocycles. The molecule has 0 aromatic heterocycles. The molecule has 164 valence electrons. The van der Waals surface area contributed by atoms with Gasteiger partial charge in [0.15, 0.2) is 0 Å². The lowest BCUT2D eigenvalue weighted by atomic mass is 10.00. The van der Waals surface area contributed by atoms with Gasteiger partial charge in [-0.3, -0.25) is 4.90 Å². The van der Waals surface area contributed by atoms with Crippen LogP contribution < -0.4 is 0 Å². The van der Waals surface area contributed by atoms with Crippen LogP contribution in [0.25, 0.3) is 0 Å². The average molecular weight is 409 g/mol. The Morgan fingerprint density at radius 2 is 1.33 bits per heavy atom. The van der Waals surface area contributed by atoms with Gasteiger partial charge in [-0.15, -0.1) is 0 Å². The second kappa shape index (κ2) is 11.8. The Bertz CT molecular complexity index is 671. The first-order chi connectivity index (χ1) is 14.8. The summed E-state index contributed by atoms with van der Waals surface area (Å²) in [4.78, 5) is 10.9. The van der Waals surface area contributed by atoms with Crippen LogP contribution in [0.5, 0.6) is 0 Å². The van der Waals surface area contributed by atoms with E-state index in [4.69, 9.17) is 0 Å². The van der Waals surface area contributed by atoms with E-state index < -0.39 is 0 Å². The van der Waals surface area contributed by atoms with Gasteiger partial charge in [0.1, 0.15) is 0 Å². The van der Waals surface area contributed by atoms with Gasteiger partial charge in [-0.25, -0.2) is 0 Å². The van der Waals surface area contributed by atoms with Gasteiger partial charge in [-0.2, -0.15) is 0 Å². The molecular formula is C26H40N4. The Morgan fingerprint density at radius 3 is 2.03 bits per heavy atom. The number of hydrogen-bond acceptors (Lipinski definition) is 4. The zero-order valence-corrected chi connectivity index (χ0v) is 18.7. The average Bonchev–Trinajstić information content (AvgIpc) is 2.79. The predicted octanol–water partition coefficient (Wildman–Crippen LogP) is 3.33. The van der Waals surface area contributed by atoms with Gasteiger partial charge in [-0.05, 0) is 56.9 Å². The Labute approximate surface area is 183 Å². The fourth-order valence-electron chi connectivity index (χ4n) is 5.06. The van der Waals surface area contributed by atoms with Crippen molar-refractivity contribution in [1.29, 1.82) is 0 Å². The van der Waals surface area contributed by atoms with E-state index in [0.29, 0.717) is 5.92 Å². The molecule has 30 heavy (non-hydrogen) atoms. The number of allylic oxidation sites excluding steroid dienone is 3. The van der Waals surface area contributed by atoms with Crippen LogP contribution in [0.1, 0.15) is 24.8 Å². The van der Waals surface area contributed by atoms with Crippen molar-refractivity contribution in [2.24, 2.45) is 5.92 Å². The van der Waals surface area contributed by atoms with Crippen molar-refractivity contribution in [3.8, 4) is 0 Å². The SMILES string of the molecule is C1=CCC(CN2CCCN3CCN(CCCN(Cc4ccccc4)CC3)CC2)C=C1. The summed E-state index contributed by atoms with van der Waals surface area (Å²) >= 11 is 0. The van der Waals surface area contributed by atoms with Crippen molar-refractivity contribution in [1.82, 2.24) is 19.6 Å². The van der Waals surface area contributed by atoms with Crippen LogP contribution in [0, 0.1) is 5.92 Å². The lowest BCUT2D eigenvalue weighted by molar-refractivity contribution is 0.115. The first kappa shape index (κ1) is 21.8. The summed E-state index contributed by atoms with van der Waals surface area (Å²) in [6.45, 7) is 14.5. The maximum absolute atomic E-state index is 2.73. The third-order valence-electron chi connectivity index (χ3n) is 6.91. The molecule has 4 nitrogen and oxygen atoms in total. The zero-order chi connectivity index (χ0) is 20.4. The highest BCUT2D eigenvalue weighted by atomic mass is 15.3. The fourth-order valence-corrected chi connectivity index (χ4v) is 5.06. The van der Waals surface area contributed by atoms with Crippen molar-refractivity contribution in [3.63, 3.8) is 0 Å². The van der Waals surface area contributed by atoms with Crippen molar-refractivity contribution in [2.45, 2.75) is 25.8 Å². The van der Waals surface area contributed by atoms with Gasteiger partial charge in [0.25, 0.3) is 0 Å². The van der Waals surface area contributed by atoms with E-state index in [-0.39, 0.29) is 0 Å². The molecule has 4 rings (SSSR count). The number of benzene rings is 1. The predicted molar refractivity (Wildman–Crippen MR) is 127 cm³/mol. The molecule has 3 aliphatic rings. The molecular weight excluding hydrogens is 368 g/mol. The summed E-state index contributed by atoms with van der Waals surface area (Å²) in [6, 6.07) is 11.0. The molecule has 2 heterocycles. The molecule has 4 heteroatoms. The van der Waals surface area contributed by atoms with E-state index in [2.05, 4.69) is 74.2 Å². The summed E-state index contributed by atoms with van der Waals surface area (Å²) in [5.74, 6) is 0.702. The van der Waals surface area contributed by atoms with Gasteiger partial charge >= 0.3 is 0 Å². The number of nitrogens with zero attached hydrogens (tertiary/aromatic N) is 4. The van der Waals surface area contributed by atoms with E-state index >= 15 is 0 Å². The van der Waals surface area contributed by atoms with Gasteiger partial charge in [0, 0.05) is 52.4 Å². The number of fused-ring (bicyclic) bond motifs is 3. The van der Waals surface area contributed by atoms with Crippen molar-refractivity contribution in [3.05, 3.63) is 60.2 Å². The van der Waals surface area contributed by atoms with Crippen LogP contribution in [0.15, 0.2) is 54.6 Å². The van der Waals surface area contributed by atoms with E-state index in [1.807, 2.05) is 0 Å². The minimum absolute atomic E-state index is 0.702. The lowest BCUT2D eigenvalue weighted by Gasteiger charge is -2.36. The monoisotopic (exact) mass is 408 g/mol. The molecule has 1 aromatic rings. The summed E-state index contributed by atoms with van der Waals surface area (Å²) < 4.78 is 0. The van der Waals surface area contributed by atoms with Crippen LogP contribution in [0.3, 0.4) is 0 Å². The molecule has 3 atom stereocenters. The van der Waals surface area contributed by atoms with E-state index in [9.17, 15) is 0 Å². The second-order valence-corrected chi connectivity index (χ2v) is 9.26. The largest absolute Gasteiger partial charge is 0.301 e. The molecule has 0 saturated carbocycles. The standard InChI is InChI=1S/C26H40N4/c1-3-9-25(10-4-1)23-29-15-7-13-28-18-17-27(19-21-29)14-8-16-30(22-20-28)24-26-11-5-2-6-12-26/h1-6,9-11,26H,7-8,12-24H2. The van der Waals surface area contributed by atoms with Crippen molar-refractivity contribution in [2.75, 3.05) is 72.0 Å². The number of hydrogen-bond donors (Lipinski definition) is 0. The second-order valence-electron chi connectivity index (χ2n) is 9.26. The highest BCUT2D eigenvalue weighted by Gasteiger charge is 2.19. The van der Waals surface area contributed by atoms with E-state index in [1.165, 1.54) is 96.8 Å². The quantitative estimate of drug-likeness (QED) is 0.758. The van der Waals surface area contributed by atoms with Crippen LogP contribution in [-0.4, -0.2) is 91.6 Å². The molecule has 2 fully saturated rings.